The lowest BCUT2D eigenvalue weighted by molar-refractivity contribution is 0.186. The van der Waals surface area contributed by atoms with Crippen LogP contribution in [0.1, 0.15) is 29.3 Å². The summed E-state index contributed by atoms with van der Waals surface area (Å²) in [5, 5.41) is 12.9. The number of aryl methyl sites for hydroxylation is 1. The molecule has 0 spiro atoms. The van der Waals surface area contributed by atoms with Crippen molar-refractivity contribution < 1.29 is 13.7 Å². The highest BCUT2D eigenvalue weighted by atomic mass is 19.1. The van der Waals surface area contributed by atoms with Gasteiger partial charge in [-0.05, 0) is 31.2 Å². The number of aromatic nitrogens is 1. The predicted molar refractivity (Wildman–Crippen MR) is 69.4 cm³/mol. The van der Waals surface area contributed by atoms with Crippen molar-refractivity contribution in [2.24, 2.45) is 5.73 Å². The molecule has 1 aromatic heterocycles. The first-order valence-electron chi connectivity index (χ1n) is 6.13. The zero-order chi connectivity index (χ0) is 14.5. The summed E-state index contributed by atoms with van der Waals surface area (Å²) in [6.07, 6.45) is 1.51. The van der Waals surface area contributed by atoms with E-state index < -0.39 is 11.9 Å². The number of ether oxygens (including phenoxy) is 1. The van der Waals surface area contributed by atoms with Gasteiger partial charge < -0.3 is 15.0 Å². The highest BCUT2D eigenvalue weighted by Gasteiger charge is 2.18. The quantitative estimate of drug-likeness (QED) is 0.906. The second kappa shape index (κ2) is 6.17. The zero-order valence-corrected chi connectivity index (χ0v) is 11.0. The Balaban J connectivity index is 2.31. The van der Waals surface area contributed by atoms with Crippen molar-refractivity contribution in [3.63, 3.8) is 0 Å². The average Bonchev–Trinajstić information content (AvgIpc) is 2.96. The summed E-state index contributed by atoms with van der Waals surface area (Å²) in [6, 6.07) is 6.24. The molecule has 0 saturated heterocycles. The fourth-order valence-electron chi connectivity index (χ4n) is 1.80. The lowest BCUT2D eigenvalue weighted by atomic mass is 10.1. The van der Waals surface area contributed by atoms with Gasteiger partial charge in [0.1, 0.15) is 35.7 Å². The van der Waals surface area contributed by atoms with Gasteiger partial charge in [0.05, 0.1) is 5.56 Å². The van der Waals surface area contributed by atoms with Gasteiger partial charge in [0.25, 0.3) is 0 Å². The molecule has 6 heteroatoms. The van der Waals surface area contributed by atoms with E-state index in [9.17, 15) is 4.39 Å². The van der Waals surface area contributed by atoms with Gasteiger partial charge in [-0.25, -0.2) is 4.39 Å². The molecule has 0 aliphatic rings. The SMILES string of the molecule is Cc1cc(O[C@H](CCN)c2ccon2)c(C#N)cc1F. The van der Waals surface area contributed by atoms with Crippen LogP contribution in [-0.2, 0) is 0 Å². The second-order valence-corrected chi connectivity index (χ2v) is 4.32. The Morgan fingerprint density at radius 2 is 2.35 bits per heavy atom. The Hall–Kier alpha value is -2.39. The maximum Gasteiger partial charge on any atom is 0.145 e. The Bertz CT molecular complexity index is 620. The van der Waals surface area contributed by atoms with Crippen LogP contribution in [0.2, 0.25) is 0 Å². The van der Waals surface area contributed by atoms with Crippen LogP contribution in [0, 0.1) is 24.1 Å². The number of nitriles is 1. The molecule has 2 aromatic rings. The fraction of sp³-hybridized carbons (Fsp3) is 0.286. The minimum atomic E-state index is -0.439. The molecule has 0 radical (unpaired) electrons. The molecule has 1 aromatic carbocycles. The first kappa shape index (κ1) is 14.0. The normalized spacial score (nSPS) is 11.9. The summed E-state index contributed by atoms with van der Waals surface area (Å²) in [5.74, 6) is -0.126. The summed E-state index contributed by atoms with van der Waals surface area (Å²) in [6.45, 7) is 2.00. The molecule has 20 heavy (non-hydrogen) atoms. The summed E-state index contributed by atoms with van der Waals surface area (Å²) in [7, 11) is 0. The minimum Gasteiger partial charge on any atom is -0.483 e. The summed E-state index contributed by atoms with van der Waals surface area (Å²) in [4.78, 5) is 0. The molecule has 1 heterocycles. The van der Waals surface area contributed by atoms with Gasteiger partial charge in [-0.3, -0.25) is 0 Å². The smallest absolute Gasteiger partial charge is 0.145 e. The third kappa shape index (κ3) is 2.95. The van der Waals surface area contributed by atoms with Gasteiger partial charge in [-0.15, -0.1) is 0 Å². The van der Waals surface area contributed by atoms with Crippen molar-refractivity contribution in [3.05, 3.63) is 47.1 Å². The lowest BCUT2D eigenvalue weighted by Crippen LogP contribution is -2.14. The average molecular weight is 275 g/mol. The zero-order valence-electron chi connectivity index (χ0n) is 11.0. The van der Waals surface area contributed by atoms with Crippen LogP contribution in [0.5, 0.6) is 5.75 Å². The number of benzene rings is 1. The molecule has 0 aliphatic heterocycles. The van der Waals surface area contributed by atoms with Crippen LogP contribution < -0.4 is 10.5 Å². The molecule has 0 amide bonds. The van der Waals surface area contributed by atoms with Crippen LogP contribution in [-0.4, -0.2) is 11.7 Å². The van der Waals surface area contributed by atoms with Crippen LogP contribution >= 0.6 is 0 Å². The molecule has 1 atom stereocenters. The maximum atomic E-state index is 13.5. The summed E-state index contributed by atoms with van der Waals surface area (Å²) < 4.78 is 24.0. The van der Waals surface area contributed by atoms with Crippen LogP contribution in [0.4, 0.5) is 4.39 Å². The molecule has 0 fully saturated rings. The van der Waals surface area contributed by atoms with Crippen LogP contribution in [0.15, 0.2) is 29.0 Å². The summed E-state index contributed by atoms with van der Waals surface area (Å²) in [5.41, 5.74) is 6.68. The van der Waals surface area contributed by atoms with E-state index in [-0.39, 0.29) is 5.56 Å². The molecule has 0 aliphatic carbocycles. The molecule has 5 nitrogen and oxygen atoms in total. The number of rotatable bonds is 5. The third-order valence-electron chi connectivity index (χ3n) is 2.87. The van der Waals surface area contributed by atoms with Gasteiger partial charge in [0, 0.05) is 12.5 Å². The first-order valence-corrected chi connectivity index (χ1v) is 6.13. The Kier molecular flexibility index (Phi) is 4.33. The lowest BCUT2D eigenvalue weighted by Gasteiger charge is -2.17. The molecule has 2 N–H and O–H groups in total. The predicted octanol–water partition coefficient (Wildman–Crippen LogP) is 2.46. The van der Waals surface area contributed by atoms with E-state index in [0.29, 0.717) is 30.0 Å². The largest absolute Gasteiger partial charge is 0.483 e. The van der Waals surface area contributed by atoms with E-state index in [0.717, 1.165) is 6.07 Å². The number of nitrogens with two attached hydrogens (primary N) is 1. The van der Waals surface area contributed by atoms with E-state index in [2.05, 4.69) is 5.16 Å². The van der Waals surface area contributed by atoms with Crippen molar-refractivity contribution in [1.29, 1.82) is 5.26 Å². The number of hydrogen-bond acceptors (Lipinski definition) is 5. The standard InChI is InChI=1S/C14H14FN3O2/c1-9-6-14(10(8-17)7-11(9)15)20-13(2-4-16)12-3-5-19-18-12/h3,5-7,13H,2,4,16H2,1H3/t13-/m1/s1. The molecule has 0 bridgehead atoms. The van der Waals surface area contributed by atoms with Gasteiger partial charge in [-0.2, -0.15) is 5.26 Å². The van der Waals surface area contributed by atoms with Gasteiger partial charge in [-0.1, -0.05) is 5.16 Å². The Morgan fingerprint density at radius 1 is 1.55 bits per heavy atom. The number of hydrogen-bond donors (Lipinski definition) is 1. The highest BCUT2D eigenvalue weighted by molar-refractivity contribution is 5.46. The Morgan fingerprint density at radius 3 is 2.95 bits per heavy atom. The topological polar surface area (TPSA) is 85.1 Å². The van der Waals surface area contributed by atoms with Crippen LogP contribution in [0.25, 0.3) is 0 Å². The van der Waals surface area contributed by atoms with Crippen LogP contribution in [0.3, 0.4) is 0 Å². The Labute approximate surface area is 115 Å². The van der Waals surface area contributed by atoms with E-state index >= 15 is 0 Å². The van der Waals surface area contributed by atoms with Gasteiger partial charge in [0.15, 0.2) is 0 Å². The molecule has 2 rings (SSSR count). The molecule has 0 saturated carbocycles. The fourth-order valence-corrected chi connectivity index (χ4v) is 1.80. The second-order valence-electron chi connectivity index (χ2n) is 4.32. The molecular formula is C14H14FN3O2. The highest BCUT2D eigenvalue weighted by Crippen LogP contribution is 2.28. The van der Waals surface area contributed by atoms with E-state index in [1.807, 2.05) is 6.07 Å². The van der Waals surface area contributed by atoms with E-state index in [4.69, 9.17) is 20.3 Å². The summed E-state index contributed by atoms with van der Waals surface area (Å²) >= 11 is 0. The van der Waals surface area contributed by atoms with Crippen molar-refractivity contribution >= 4 is 0 Å². The maximum absolute atomic E-state index is 13.5. The molecule has 104 valence electrons. The molecular weight excluding hydrogens is 261 g/mol. The number of halogens is 1. The number of nitrogens with zero attached hydrogens (tertiary/aromatic N) is 2. The van der Waals surface area contributed by atoms with Crippen molar-refractivity contribution in [3.8, 4) is 11.8 Å². The van der Waals surface area contributed by atoms with E-state index in [1.54, 1.807) is 13.0 Å². The van der Waals surface area contributed by atoms with Crippen molar-refractivity contribution in [2.75, 3.05) is 6.54 Å². The monoisotopic (exact) mass is 275 g/mol. The van der Waals surface area contributed by atoms with Gasteiger partial charge >= 0.3 is 0 Å². The van der Waals surface area contributed by atoms with Crippen molar-refractivity contribution in [1.82, 2.24) is 5.16 Å². The van der Waals surface area contributed by atoms with Crippen molar-refractivity contribution in [2.45, 2.75) is 19.4 Å². The van der Waals surface area contributed by atoms with E-state index in [1.165, 1.54) is 12.3 Å². The third-order valence-corrected chi connectivity index (χ3v) is 2.87. The first-order chi connectivity index (χ1) is 9.65. The minimum absolute atomic E-state index is 0.138. The van der Waals surface area contributed by atoms with Gasteiger partial charge in [0.2, 0.25) is 0 Å². The molecule has 0 unspecified atom stereocenters.